The fourth-order valence-electron chi connectivity index (χ4n) is 4.12. The quantitative estimate of drug-likeness (QED) is 0.867. The van der Waals surface area contributed by atoms with Crippen molar-refractivity contribution in [1.29, 1.82) is 0 Å². The van der Waals surface area contributed by atoms with Crippen molar-refractivity contribution in [3.05, 3.63) is 0 Å². The van der Waals surface area contributed by atoms with Gasteiger partial charge in [-0.1, -0.05) is 26.7 Å². The van der Waals surface area contributed by atoms with E-state index in [2.05, 4.69) is 18.7 Å². The molecule has 1 saturated carbocycles. The molecule has 1 saturated heterocycles. The molecule has 0 aromatic heterocycles. The van der Waals surface area contributed by atoms with Crippen LogP contribution in [-0.4, -0.2) is 29.3 Å². The number of rotatable bonds is 4. The van der Waals surface area contributed by atoms with E-state index in [0.717, 1.165) is 51.5 Å². The van der Waals surface area contributed by atoms with E-state index in [1.807, 2.05) is 0 Å². The minimum Gasteiger partial charge on any atom is -0.369 e. The zero-order valence-electron chi connectivity index (χ0n) is 14.2. The van der Waals surface area contributed by atoms with Crippen molar-refractivity contribution in [1.82, 2.24) is 4.90 Å². The second kappa shape index (κ2) is 7.98. The molecule has 0 unspecified atom stereocenters. The number of amides is 2. The van der Waals surface area contributed by atoms with Crippen LogP contribution in [0, 0.1) is 17.8 Å². The van der Waals surface area contributed by atoms with Crippen molar-refractivity contribution in [3.63, 3.8) is 0 Å². The summed E-state index contributed by atoms with van der Waals surface area (Å²) in [5, 5.41) is 0. The van der Waals surface area contributed by atoms with Gasteiger partial charge in [0.1, 0.15) is 0 Å². The number of primary amides is 1. The van der Waals surface area contributed by atoms with Crippen molar-refractivity contribution < 1.29 is 9.59 Å². The Morgan fingerprint density at radius 3 is 2.23 bits per heavy atom. The first-order chi connectivity index (χ1) is 10.5. The van der Waals surface area contributed by atoms with E-state index in [4.69, 9.17) is 5.73 Å². The van der Waals surface area contributed by atoms with Gasteiger partial charge in [0, 0.05) is 24.4 Å². The maximum Gasteiger partial charge on any atom is 0.225 e. The fourth-order valence-corrected chi connectivity index (χ4v) is 4.12. The lowest BCUT2D eigenvalue weighted by Gasteiger charge is -2.36. The van der Waals surface area contributed by atoms with Crippen LogP contribution >= 0.6 is 0 Å². The van der Waals surface area contributed by atoms with E-state index in [1.54, 1.807) is 0 Å². The second-order valence-electron chi connectivity index (χ2n) is 7.62. The molecule has 4 heteroatoms. The third-order valence-corrected chi connectivity index (χ3v) is 5.38. The molecule has 0 bridgehead atoms. The topological polar surface area (TPSA) is 63.4 Å². The van der Waals surface area contributed by atoms with Gasteiger partial charge in [-0.05, 0) is 50.9 Å². The van der Waals surface area contributed by atoms with Crippen LogP contribution in [0.15, 0.2) is 0 Å². The van der Waals surface area contributed by atoms with E-state index in [9.17, 15) is 9.59 Å². The number of nitrogens with zero attached hydrogens (tertiary/aromatic N) is 1. The average molecular weight is 308 g/mol. The minimum absolute atomic E-state index is 0.0142. The largest absolute Gasteiger partial charge is 0.369 e. The summed E-state index contributed by atoms with van der Waals surface area (Å²) in [5.41, 5.74) is 5.39. The summed E-state index contributed by atoms with van der Waals surface area (Å²) in [4.78, 5) is 26.4. The Labute approximate surface area is 134 Å². The highest BCUT2D eigenvalue weighted by Crippen LogP contribution is 2.32. The Kier molecular flexibility index (Phi) is 6.27. The average Bonchev–Trinajstić information content (AvgIpc) is 2.71. The zero-order valence-corrected chi connectivity index (χ0v) is 14.2. The van der Waals surface area contributed by atoms with Crippen LogP contribution in [0.1, 0.15) is 71.6 Å². The van der Waals surface area contributed by atoms with E-state index in [0.29, 0.717) is 17.9 Å². The molecule has 1 aliphatic carbocycles. The molecule has 2 rings (SSSR count). The van der Waals surface area contributed by atoms with Gasteiger partial charge in [-0.25, -0.2) is 0 Å². The lowest BCUT2D eigenvalue weighted by atomic mass is 9.80. The molecular weight excluding hydrogens is 276 g/mol. The standard InChI is InChI=1S/C18H32N2O2/c1-13(2)12-16-6-4-3-5-11-20(16)18(22)15-9-7-14(8-10-15)17(19)21/h13-16H,3-12H2,1-2H3,(H2,19,21)/t14?,15?,16-/m1/s1. The normalized spacial score (nSPS) is 30.1. The maximum absolute atomic E-state index is 13.0. The second-order valence-corrected chi connectivity index (χ2v) is 7.62. The van der Waals surface area contributed by atoms with Crippen LogP contribution in [0.5, 0.6) is 0 Å². The van der Waals surface area contributed by atoms with Gasteiger partial charge in [-0.2, -0.15) is 0 Å². The summed E-state index contributed by atoms with van der Waals surface area (Å²) in [6.07, 6.45) is 9.12. The first kappa shape index (κ1) is 17.3. The highest BCUT2D eigenvalue weighted by molar-refractivity contribution is 5.80. The molecule has 0 aromatic rings. The van der Waals surface area contributed by atoms with Gasteiger partial charge in [0.25, 0.3) is 0 Å². The summed E-state index contributed by atoms with van der Waals surface area (Å²) >= 11 is 0. The minimum atomic E-state index is -0.196. The number of carbonyl (C=O) groups excluding carboxylic acids is 2. The molecule has 1 aliphatic heterocycles. The van der Waals surface area contributed by atoms with Crippen molar-refractivity contribution in [3.8, 4) is 0 Å². The van der Waals surface area contributed by atoms with E-state index in [-0.39, 0.29) is 17.7 Å². The third kappa shape index (κ3) is 4.47. The van der Waals surface area contributed by atoms with Gasteiger partial charge in [0.05, 0.1) is 0 Å². The predicted molar refractivity (Wildman–Crippen MR) is 88.1 cm³/mol. The van der Waals surface area contributed by atoms with Gasteiger partial charge in [-0.3, -0.25) is 9.59 Å². The Bertz CT molecular complexity index is 387. The smallest absolute Gasteiger partial charge is 0.225 e. The Hall–Kier alpha value is -1.06. The first-order valence-electron chi connectivity index (χ1n) is 9.08. The monoisotopic (exact) mass is 308 g/mol. The molecule has 1 atom stereocenters. The maximum atomic E-state index is 13.0. The molecule has 0 aromatic carbocycles. The summed E-state index contributed by atoms with van der Waals surface area (Å²) < 4.78 is 0. The summed E-state index contributed by atoms with van der Waals surface area (Å²) in [6, 6.07) is 0.420. The molecular formula is C18H32N2O2. The molecule has 4 nitrogen and oxygen atoms in total. The Morgan fingerprint density at radius 2 is 1.64 bits per heavy atom. The number of hydrogen-bond acceptors (Lipinski definition) is 2. The number of likely N-dealkylation sites (tertiary alicyclic amines) is 1. The summed E-state index contributed by atoms with van der Waals surface area (Å²) in [7, 11) is 0. The van der Waals surface area contributed by atoms with Crippen LogP contribution in [0.3, 0.4) is 0 Å². The van der Waals surface area contributed by atoms with Gasteiger partial charge in [0.2, 0.25) is 11.8 Å². The van der Waals surface area contributed by atoms with Gasteiger partial charge in [-0.15, -0.1) is 0 Å². The molecule has 0 radical (unpaired) electrons. The number of nitrogens with two attached hydrogens (primary N) is 1. The van der Waals surface area contributed by atoms with Gasteiger partial charge in [0.15, 0.2) is 0 Å². The zero-order chi connectivity index (χ0) is 16.1. The van der Waals surface area contributed by atoms with Crippen LogP contribution in [0.4, 0.5) is 0 Å². The van der Waals surface area contributed by atoms with E-state index in [1.165, 1.54) is 12.8 Å². The summed E-state index contributed by atoms with van der Waals surface area (Å²) in [5.74, 6) is 0.876. The highest BCUT2D eigenvalue weighted by Gasteiger charge is 2.34. The Morgan fingerprint density at radius 1 is 1.00 bits per heavy atom. The van der Waals surface area contributed by atoms with Crippen molar-refractivity contribution in [2.75, 3.05) is 6.54 Å². The van der Waals surface area contributed by atoms with E-state index < -0.39 is 0 Å². The van der Waals surface area contributed by atoms with Crippen LogP contribution in [-0.2, 0) is 9.59 Å². The molecule has 2 fully saturated rings. The molecule has 126 valence electrons. The van der Waals surface area contributed by atoms with Gasteiger partial charge >= 0.3 is 0 Å². The molecule has 2 amide bonds. The number of carbonyl (C=O) groups is 2. The van der Waals surface area contributed by atoms with Crippen molar-refractivity contribution >= 4 is 11.8 Å². The van der Waals surface area contributed by atoms with Gasteiger partial charge < -0.3 is 10.6 Å². The van der Waals surface area contributed by atoms with E-state index >= 15 is 0 Å². The molecule has 22 heavy (non-hydrogen) atoms. The Balaban J connectivity index is 1.97. The predicted octanol–water partition coefficient (Wildman–Crippen LogP) is 3.10. The molecule has 2 aliphatic rings. The molecule has 2 N–H and O–H groups in total. The molecule has 1 heterocycles. The van der Waals surface area contributed by atoms with Crippen molar-refractivity contribution in [2.24, 2.45) is 23.5 Å². The summed E-state index contributed by atoms with van der Waals surface area (Å²) in [6.45, 7) is 5.41. The highest BCUT2D eigenvalue weighted by atomic mass is 16.2. The van der Waals surface area contributed by atoms with Crippen LogP contribution in [0.25, 0.3) is 0 Å². The number of hydrogen-bond donors (Lipinski definition) is 1. The lowest BCUT2D eigenvalue weighted by Crippen LogP contribution is -2.45. The SMILES string of the molecule is CC(C)C[C@H]1CCCCCN1C(=O)C1CCC(C(N)=O)CC1. The first-order valence-corrected chi connectivity index (χ1v) is 9.08. The van der Waals surface area contributed by atoms with Crippen LogP contribution < -0.4 is 5.73 Å². The van der Waals surface area contributed by atoms with Crippen LogP contribution in [0.2, 0.25) is 0 Å². The third-order valence-electron chi connectivity index (χ3n) is 5.38. The fraction of sp³-hybridized carbons (Fsp3) is 0.889. The van der Waals surface area contributed by atoms with Crippen molar-refractivity contribution in [2.45, 2.75) is 77.7 Å². The molecule has 0 spiro atoms. The lowest BCUT2D eigenvalue weighted by molar-refractivity contribution is -0.140.